The number of rotatable bonds is 7. The number of ether oxygens (including phenoxy) is 2. The van der Waals surface area contributed by atoms with E-state index in [-0.39, 0.29) is 5.91 Å². The SMILES string of the molecule is CCO[C@@]1(C(=O)Nc2ccc(OCC(C)C)cc2)CCC[C@@H](C)C1. The highest BCUT2D eigenvalue weighted by atomic mass is 16.5. The van der Waals surface area contributed by atoms with Gasteiger partial charge in [-0.05, 0) is 62.3 Å². The number of benzene rings is 1. The van der Waals surface area contributed by atoms with E-state index in [0.717, 1.165) is 30.7 Å². The minimum atomic E-state index is -0.681. The molecule has 1 N–H and O–H groups in total. The Hall–Kier alpha value is -1.55. The van der Waals surface area contributed by atoms with E-state index in [1.165, 1.54) is 6.42 Å². The van der Waals surface area contributed by atoms with Crippen molar-refractivity contribution in [3.05, 3.63) is 24.3 Å². The first kappa shape index (κ1) is 18.8. The Morgan fingerprint density at radius 2 is 2.04 bits per heavy atom. The zero-order valence-corrected chi connectivity index (χ0v) is 15.4. The van der Waals surface area contributed by atoms with Gasteiger partial charge in [0.15, 0.2) is 0 Å². The lowest BCUT2D eigenvalue weighted by atomic mass is 9.78. The topological polar surface area (TPSA) is 47.6 Å². The van der Waals surface area contributed by atoms with Crippen LogP contribution in [0.2, 0.25) is 0 Å². The summed E-state index contributed by atoms with van der Waals surface area (Å²) < 4.78 is 11.6. The van der Waals surface area contributed by atoms with Crippen LogP contribution in [0.5, 0.6) is 5.75 Å². The molecule has 1 aliphatic carbocycles. The highest BCUT2D eigenvalue weighted by molar-refractivity contribution is 5.97. The first-order chi connectivity index (χ1) is 11.4. The van der Waals surface area contributed by atoms with Gasteiger partial charge in [-0.3, -0.25) is 4.79 Å². The maximum atomic E-state index is 12.9. The maximum Gasteiger partial charge on any atom is 0.256 e. The third-order valence-corrected chi connectivity index (χ3v) is 4.49. The van der Waals surface area contributed by atoms with Crippen LogP contribution in [-0.4, -0.2) is 24.7 Å². The average molecular weight is 333 g/mol. The highest BCUT2D eigenvalue weighted by Crippen LogP contribution is 2.36. The molecule has 0 bridgehead atoms. The molecule has 1 fully saturated rings. The quantitative estimate of drug-likeness (QED) is 0.790. The standard InChI is InChI=1S/C20H31NO3/c1-5-24-20(12-6-7-16(4)13-20)19(22)21-17-8-10-18(11-9-17)23-14-15(2)3/h8-11,15-16H,5-7,12-14H2,1-4H3,(H,21,22)/t16-,20+/m1/s1. The van der Waals surface area contributed by atoms with Gasteiger partial charge in [-0.2, -0.15) is 0 Å². The molecule has 4 heteroatoms. The zero-order valence-electron chi connectivity index (χ0n) is 15.4. The molecule has 24 heavy (non-hydrogen) atoms. The Balaban J connectivity index is 2.01. The molecule has 0 saturated heterocycles. The van der Waals surface area contributed by atoms with Crippen LogP contribution in [0.15, 0.2) is 24.3 Å². The molecule has 0 aromatic heterocycles. The predicted molar refractivity (Wildman–Crippen MR) is 97.4 cm³/mol. The minimum Gasteiger partial charge on any atom is -0.493 e. The zero-order chi connectivity index (χ0) is 17.6. The summed E-state index contributed by atoms with van der Waals surface area (Å²) in [5.41, 5.74) is 0.105. The summed E-state index contributed by atoms with van der Waals surface area (Å²) >= 11 is 0. The highest BCUT2D eigenvalue weighted by Gasteiger charge is 2.42. The van der Waals surface area contributed by atoms with Gasteiger partial charge in [-0.25, -0.2) is 0 Å². The molecule has 4 nitrogen and oxygen atoms in total. The van der Waals surface area contributed by atoms with E-state index in [4.69, 9.17) is 9.47 Å². The number of hydrogen-bond donors (Lipinski definition) is 1. The van der Waals surface area contributed by atoms with E-state index in [1.807, 2.05) is 31.2 Å². The van der Waals surface area contributed by atoms with Gasteiger partial charge in [0.1, 0.15) is 11.4 Å². The van der Waals surface area contributed by atoms with Crippen LogP contribution >= 0.6 is 0 Å². The van der Waals surface area contributed by atoms with Gasteiger partial charge in [-0.1, -0.05) is 27.2 Å². The van der Waals surface area contributed by atoms with Crippen molar-refractivity contribution in [1.29, 1.82) is 0 Å². The van der Waals surface area contributed by atoms with Crippen molar-refractivity contribution < 1.29 is 14.3 Å². The third-order valence-electron chi connectivity index (χ3n) is 4.49. The molecular formula is C20H31NO3. The van der Waals surface area contributed by atoms with Crippen LogP contribution in [0.3, 0.4) is 0 Å². The van der Waals surface area contributed by atoms with Crippen molar-refractivity contribution in [2.75, 3.05) is 18.5 Å². The van der Waals surface area contributed by atoms with Crippen molar-refractivity contribution in [1.82, 2.24) is 0 Å². The van der Waals surface area contributed by atoms with E-state index in [1.54, 1.807) is 0 Å². The van der Waals surface area contributed by atoms with Crippen LogP contribution in [-0.2, 0) is 9.53 Å². The van der Waals surface area contributed by atoms with Crippen LogP contribution in [0.4, 0.5) is 5.69 Å². The summed E-state index contributed by atoms with van der Waals surface area (Å²) in [5.74, 6) is 1.81. The Bertz CT molecular complexity index is 522. The Morgan fingerprint density at radius 1 is 1.33 bits per heavy atom. The number of carbonyl (C=O) groups excluding carboxylic acids is 1. The van der Waals surface area contributed by atoms with E-state index >= 15 is 0 Å². The van der Waals surface area contributed by atoms with Crippen LogP contribution < -0.4 is 10.1 Å². The lowest BCUT2D eigenvalue weighted by molar-refractivity contribution is -0.147. The van der Waals surface area contributed by atoms with Crippen molar-refractivity contribution >= 4 is 11.6 Å². The van der Waals surface area contributed by atoms with Crippen molar-refractivity contribution in [2.45, 2.75) is 59.0 Å². The number of nitrogens with one attached hydrogen (secondary N) is 1. The molecule has 1 aromatic rings. The smallest absolute Gasteiger partial charge is 0.256 e. The average Bonchev–Trinajstić information content (AvgIpc) is 2.54. The Morgan fingerprint density at radius 3 is 2.62 bits per heavy atom. The summed E-state index contributed by atoms with van der Waals surface area (Å²) in [6.45, 7) is 9.63. The fourth-order valence-electron chi connectivity index (χ4n) is 3.32. The monoisotopic (exact) mass is 333 g/mol. The maximum absolute atomic E-state index is 12.9. The second-order valence-electron chi connectivity index (χ2n) is 7.31. The van der Waals surface area contributed by atoms with E-state index in [2.05, 4.69) is 26.1 Å². The first-order valence-electron chi connectivity index (χ1n) is 9.13. The van der Waals surface area contributed by atoms with E-state index in [9.17, 15) is 4.79 Å². The number of carbonyl (C=O) groups is 1. The van der Waals surface area contributed by atoms with Crippen molar-refractivity contribution in [3.8, 4) is 5.75 Å². The molecular weight excluding hydrogens is 302 g/mol. The molecule has 0 heterocycles. The van der Waals surface area contributed by atoms with E-state index < -0.39 is 5.60 Å². The Labute approximate surface area is 145 Å². The van der Waals surface area contributed by atoms with Crippen molar-refractivity contribution in [3.63, 3.8) is 0 Å². The molecule has 0 spiro atoms. The molecule has 0 aliphatic heterocycles. The second-order valence-corrected chi connectivity index (χ2v) is 7.31. The predicted octanol–water partition coefficient (Wildman–Crippen LogP) is 4.65. The van der Waals surface area contributed by atoms with Gasteiger partial charge in [0, 0.05) is 12.3 Å². The van der Waals surface area contributed by atoms with Gasteiger partial charge < -0.3 is 14.8 Å². The normalized spacial score (nSPS) is 24.0. The summed E-state index contributed by atoms with van der Waals surface area (Å²) in [6.07, 6.45) is 3.80. The summed E-state index contributed by atoms with van der Waals surface area (Å²) in [5, 5.41) is 3.03. The van der Waals surface area contributed by atoms with Gasteiger partial charge in [0.25, 0.3) is 5.91 Å². The van der Waals surface area contributed by atoms with E-state index in [0.29, 0.717) is 25.0 Å². The van der Waals surface area contributed by atoms with Crippen LogP contribution in [0, 0.1) is 11.8 Å². The molecule has 0 radical (unpaired) electrons. The summed E-state index contributed by atoms with van der Waals surface area (Å²) in [6, 6.07) is 7.57. The number of anilines is 1. The first-order valence-corrected chi connectivity index (χ1v) is 9.13. The largest absolute Gasteiger partial charge is 0.493 e. The second kappa shape index (κ2) is 8.52. The Kier molecular flexibility index (Phi) is 6.67. The summed E-state index contributed by atoms with van der Waals surface area (Å²) in [7, 11) is 0. The van der Waals surface area contributed by atoms with Gasteiger partial charge in [-0.15, -0.1) is 0 Å². The fourth-order valence-corrected chi connectivity index (χ4v) is 3.32. The molecule has 2 atom stereocenters. The lowest BCUT2D eigenvalue weighted by Crippen LogP contribution is -2.48. The van der Waals surface area contributed by atoms with Crippen LogP contribution in [0.1, 0.15) is 53.4 Å². The molecule has 1 saturated carbocycles. The van der Waals surface area contributed by atoms with Crippen molar-refractivity contribution in [2.24, 2.45) is 11.8 Å². The molecule has 134 valence electrons. The fraction of sp³-hybridized carbons (Fsp3) is 0.650. The van der Waals surface area contributed by atoms with Crippen LogP contribution in [0.25, 0.3) is 0 Å². The molecule has 2 rings (SSSR count). The number of amides is 1. The molecule has 1 amide bonds. The molecule has 1 aromatic carbocycles. The lowest BCUT2D eigenvalue weighted by Gasteiger charge is -2.38. The molecule has 0 unspecified atom stereocenters. The molecule has 1 aliphatic rings. The third kappa shape index (κ3) is 4.97. The van der Waals surface area contributed by atoms with Gasteiger partial charge in [0.05, 0.1) is 6.61 Å². The minimum absolute atomic E-state index is 0.0215. The number of hydrogen-bond acceptors (Lipinski definition) is 3. The summed E-state index contributed by atoms with van der Waals surface area (Å²) in [4.78, 5) is 12.9. The van der Waals surface area contributed by atoms with Gasteiger partial charge in [0.2, 0.25) is 0 Å². The van der Waals surface area contributed by atoms with Gasteiger partial charge >= 0.3 is 0 Å².